The molecule has 44 valence electrons. The van der Waals surface area contributed by atoms with Crippen molar-refractivity contribution in [3.05, 3.63) is 6.92 Å². The summed E-state index contributed by atoms with van der Waals surface area (Å²) in [5.74, 6) is 0. The van der Waals surface area contributed by atoms with Crippen LogP contribution in [0.5, 0.6) is 0 Å². The summed E-state index contributed by atoms with van der Waals surface area (Å²) >= 11 is 0. The smallest absolute Gasteiger partial charge is 0.346 e. The van der Waals surface area contributed by atoms with Gasteiger partial charge in [-0.15, -0.1) is 0 Å². The Morgan fingerprint density at radius 3 is 1.62 bits per heavy atom. The Morgan fingerprint density at radius 1 is 1.12 bits per heavy atom. The zero-order valence-corrected chi connectivity index (χ0v) is 8.04. The van der Waals surface area contributed by atoms with E-state index in [2.05, 4.69) is 12.2 Å². The van der Waals surface area contributed by atoms with Crippen LogP contribution >= 0.6 is 0 Å². The quantitative estimate of drug-likeness (QED) is 0.296. The molecule has 1 nitrogen and oxygen atoms in total. The van der Waals surface area contributed by atoms with Crippen LogP contribution in [-0.2, 0) is 0 Å². The van der Waals surface area contributed by atoms with Gasteiger partial charge in [-0.3, -0.25) is 0 Å². The molecule has 1 heterocycles. The first kappa shape index (κ1) is 11.7. The summed E-state index contributed by atoms with van der Waals surface area (Å²) in [5.41, 5.74) is 0. The molecule has 0 aromatic rings. The normalized spacial score (nSPS) is 15.8. The summed E-state index contributed by atoms with van der Waals surface area (Å²) in [6.45, 7) is 7.50. The maximum absolute atomic E-state index is 3.25. The molecule has 1 fully saturated rings. The SMILES string of the molecule is C1CCNC1.[CH2-]C.[Na+]. The first-order valence-corrected chi connectivity index (χ1v) is 2.91. The second-order valence-corrected chi connectivity index (χ2v) is 1.46. The predicted octanol–water partition coefficient (Wildman–Crippen LogP) is -1.79. The first-order valence-electron chi connectivity index (χ1n) is 2.91. The fraction of sp³-hybridized carbons (Fsp3) is 0.833. The van der Waals surface area contributed by atoms with Crippen molar-refractivity contribution in [2.75, 3.05) is 13.1 Å². The predicted molar refractivity (Wildman–Crippen MR) is 33.1 cm³/mol. The zero-order chi connectivity index (χ0) is 5.54. The van der Waals surface area contributed by atoms with Gasteiger partial charge in [-0.2, -0.15) is 6.92 Å². The van der Waals surface area contributed by atoms with Gasteiger partial charge in [0.15, 0.2) is 0 Å². The second kappa shape index (κ2) is 10.9. The van der Waals surface area contributed by atoms with Gasteiger partial charge >= 0.3 is 29.6 Å². The van der Waals surface area contributed by atoms with Crippen molar-refractivity contribution in [2.24, 2.45) is 0 Å². The number of nitrogens with one attached hydrogen (secondary N) is 1. The molecule has 1 rings (SSSR count). The third kappa shape index (κ3) is 6.96. The molecule has 0 atom stereocenters. The molecule has 0 saturated carbocycles. The topological polar surface area (TPSA) is 12.0 Å². The Balaban J connectivity index is 0. The van der Waals surface area contributed by atoms with Crippen molar-refractivity contribution in [2.45, 2.75) is 19.8 Å². The zero-order valence-electron chi connectivity index (χ0n) is 6.04. The van der Waals surface area contributed by atoms with Crippen LogP contribution in [0.3, 0.4) is 0 Å². The number of hydrogen-bond acceptors (Lipinski definition) is 1. The Morgan fingerprint density at radius 2 is 1.50 bits per heavy atom. The summed E-state index contributed by atoms with van der Waals surface area (Å²) < 4.78 is 0. The van der Waals surface area contributed by atoms with E-state index in [0.717, 1.165) is 0 Å². The number of rotatable bonds is 0. The van der Waals surface area contributed by atoms with E-state index in [4.69, 9.17) is 0 Å². The van der Waals surface area contributed by atoms with Crippen LogP contribution in [0.4, 0.5) is 0 Å². The van der Waals surface area contributed by atoms with Gasteiger partial charge in [-0.25, -0.2) is 0 Å². The molecule has 0 unspecified atom stereocenters. The van der Waals surface area contributed by atoms with Crippen molar-refractivity contribution < 1.29 is 29.6 Å². The fourth-order valence-electron chi connectivity index (χ4n) is 0.625. The average Bonchev–Trinajstić information content (AvgIpc) is 2.23. The standard InChI is InChI=1S/C4H9N.C2H5.Na/c1-2-4-5-3-1;1-2;/h5H,1-4H2;1H2,2H3;/q;-1;+1. The van der Waals surface area contributed by atoms with E-state index < -0.39 is 0 Å². The largest absolute Gasteiger partial charge is 1.00 e. The second-order valence-electron chi connectivity index (χ2n) is 1.46. The van der Waals surface area contributed by atoms with Crippen molar-refractivity contribution >= 4 is 0 Å². The van der Waals surface area contributed by atoms with Gasteiger partial charge in [0.05, 0.1) is 0 Å². The minimum Gasteiger partial charge on any atom is -0.346 e. The maximum atomic E-state index is 3.25. The summed E-state index contributed by atoms with van der Waals surface area (Å²) in [7, 11) is 0. The van der Waals surface area contributed by atoms with Gasteiger partial charge in [0.1, 0.15) is 0 Å². The van der Waals surface area contributed by atoms with E-state index in [1.54, 1.807) is 6.92 Å². The van der Waals surface area contributed by atoms with Crippen molar-refractivity contribution in [3.63, 3.8) is 0 Å². The molecule has 0 aromatic heterocycles. The molecule has 0 radical (unpaired) electrons. The Kier molecular flexibility index (Phi) is 15.9. The third-order valence-electron chi connectivity index (χ3n) is 0.957. The van der Waals surface area contributed by atoms with E-state index in [0.29, 0.717) is 0 Å². The fourth-order valence-corrected chi connectivity index (χ4v) is 0.625. The Hall–Kier alpha value is 0.960. The molecule has 0 aromatic carbocycles. The molecule has 0 amide bonds. The van der Waals surface area contributed by atoms with Crippen LogP contribution in [-0.4, -0.2) is 13.1 Å². The molecular weight excluding hydrogens is 109 g/mol. The Labute approximate surface area is 74.5 Å². The van der Waals surface area contributed by atoms with Gasteiger partial charge < -0.3 is 12.2 Å². The molecule has 0 bridgehead atoms. The van der Waals surface area contributed by atoms with Crippen molar-refractivity contribution in [3.8, 4) is 0 Å². The van der Waals surface area contributed by atoms with E-state index in [1.165, 1.54) is 25.9 Å². The van der Waals surface area contributed by atoms with Crippen LogP contribution in [0, 0.1) is 6.92 Å². The molecule has 0 spiro atoms. The van der Waals surface area contributed by atoms with Crippen LogP contribution in [0.15, 0.2) is 0 Å². The van der Waals surface area contributed by atoms with E-state index >= 15 is 0 Å². The maximum Gasteiger partial charge on any atom is 1.00 e. The molecular formula is C6H14NNa. The average molecular weight is 123 g/mol. The summed E-state index contributed by atoms with van der Waals surface area (Å²) in [5, 5.41) is 3.22. The summed E-state index contributed by atoms with van der Waals surface area (Å²) in [6.07, 6.45) is 2.78. The minimum absolute atomic E-state index is 0. The van der Waals surface area contributed by atoms with Crippen LogP contribution in [0.1, 0.15) is 19.8 Å². The van der Waals surface area contributed by atoms with Gasteiger partial charge in [-0.05, 0) is 25.9 Å². The molecule has 8 heavy (non-hydrogen) atoms. The van der Waals surface area contributed by atoms with Gasteiger partial charge in [0.2, 0.25) is 0 Å². The van der Waals surface area contributed by atoms with E-state index in [9.17, 15) is 0 Å². The Bertz CT molecular complexity index is 20.1. The molecule has 1 saturated heterocycles. The molecule has 1 N–H and O–H groups in total. The van der Waals surface area contributed by atoms with Crippen molar-refractivity contribution in [1.82, 2.24) is 5.32 Å². The monoisotopic (exact) mass is 123 g/mol. The summed E-state index contributed by atoms with van der Waals surface area (Å²) in [4.78, 5) is 0. The van der Waals surface area contributed by atoms with Crippen LogP contribution in [0.2, 0.25) is 0 Å². The third-order valence-corrected chi connectivity index (χ3v) is 0.957. The molecule has 0 aliphatic carbocycles. The van der Waals surface area contributed by atoms with Crippen LogP contribution in [0.25, 0.3) is 0 Å². The molecule has 2 heteroatoms. The van der Waals surface area contributed by atoms with Crippen LogP contribution < -0.4 is 34.9 Å². The minimum atomic E-state index is 0. The van der Waals surface area contributed by atoms with Gasteiger partial charge in [0.25, 0.3) is 0 Å². The van der Waals surface area contributed by atoms with E-state index in [-0.39, 0.29) is 29.6 Å². The van der Waals surface area contributed by atoms with Gasteiger partial charge in [-0.1, -0.05) is 0 Å². The van der Waals surface area contributed by atoms with E-state index in [1.807, 2.05) is 0 Å². The van der Waals surface area contributed by atoms with Crippen molar-refractivity contribution in [1.29, 1.82) is 0 Å². The van der Waals surface area contributed by atoms with Gasteiger partial charge in [0, 0.05) is 0 Å². The number of hydrogen-bond donors (Lipinski definition) is 1. The molecule has 1 aliphatic rings. The molecule has 1 aliphatic heterocycles. The summed E-state index contributed by atoms with van der Waals surface area (Å²) in [6, 6.07) is 0. The first-order chi connectivity index (χ1) is 3.50.